The summed E-state index contributed by atoms with van der Waals surface area (Å²) in [6, 6.07) is 3.24. The van der Waals surface area contributed by atoms with E-state index in [1.165, 1.54) is 19.2 Å². The molecule has 1 rings (SSSR count). The molecule has 0 saturated carbocycles. The Labute approximate surface area is 104 Å². The smallest absolute Gasteiger partial charge is 0.307 e. The molecule has 0 spiro atoms. The van der Waals surface area contributed by atoms with Crippen LogP contribution in [0.2, 0.25) is 0 Å². The number of benzene rings is 1. The molecule has 0 saturated heterocycles. The molecule has 0 heterocycles. The van der Waals surface area contributed by atoms with Gasteiger partial charge in [0.25, 0.3) is 5.91 Å². The number of aromatic hydroxyl groups is 2. The van der Waals surface area contributed by atoms with E-state index in [1.807, 2.05) is 0 Å². The van der Waals surface area contributed by atoms with Gasteiger partial charge in [0.2, 0.25) is 0 Å². The molecular weight excluding hydrogens is 238 g/mol. The first-order valence-corrected chi connectivity index (χ1v) is 5.33. The first-order chi connectivity index (χ1) is 8.43. The predicted molar refractivity (Wildman–Crippen MR) is 63.3 cm³/mol. The van der Waals surface area contributed by atoms with Crippen molar-refractivity contribution in [1.82, 2.24) is 5.32 Å². The second kappa shape index (κ2) is 5.90. The van der Waals surface area contributed by atoms with E-state index in [2.05, 4.69) is 10.1 Å². The molecule has 0 fully saturated rings. The maximum Gasteiger partial charge on any atom is 0.307 e. The summed E-state index contributed by atoms with van der Waals surface area (Å²) in [5, 5.41) is 21.1. The molecule has 3 N–H and O–H groups in total. The summed E-state index contributed by atoms with van der Waals surface area (Å²) in [6.07, 6.45) is 0.0427. The molecule has 1 amide bonds. The normalized spacial score (nSPS) is 11.7. The molecule has 1 unspecified atom stereocenters. The van der Waals surface area contributed by atoms with Crippen LogP contribution in [0.5, 0.6) is 11.5 Å². The maximum atomic E-state index is 11.8. The van der Waals surface area contributed by atoms with Crippen LogP contribution in [0.3, 0.4) is 0 Å². The molecular formula is C12H15NO5. The third kappa shape index (κ3) is 3.65. The second-order valence-electron chi connectivity index (χ2n) is 3.86. The molecule has 6 nitrogen and oxygen atoms in total. The molecule has 0 aliphatic heterocycles. The molecule has 1 aromatic carbocycles. The van der Waals surface area contributed by atoms with Crippen molar-refractivity contribution in [3.63, 3.8) is 0 Å². The van der Waals surface area contributed by atoms with Crippen molar-refractivity contribution in [2.45, 2.75) is 19.4 Å². The Hall–Kier alpha value is -2.24. The topological polar surface area (TPSA) is 95.9 Å². The van der Waals surface area contributed by atoms with E-state index in [1.54, 1.807) is 6.92 Å². The average molecular weight is 253 g/mol. The Morgan fingerprint density at radius 1 is 1.39 bits per heavy atom. The van der Waals surface area contributed by atoms with Crippen LogP contribution in [-0.2, 0) is 9.53 Å². The third-order valence-electron chi connectivity index (χ3n) is 2.30. The zero-order valence-electron chi connectivity index (χ0n) is 10.1. The van der Waals surface area contributed by atoms with E-state index in [0.717, 1.165) is 6.07 Å². The van der Waals surface area contributed by atoms with Gasteiger partial charge in [-0.1, -0.05) is 0 Å². The van der Waals surface area contributed by atoms with E-state index < -0.39 is 17.9 Å². The summed E-state index contributed by atoms with van der Waals surface area (Å²) in [5.41, 5.74) is 0.0320. The summed E-state index contributed by atoms with van der Waals surface area (Å²) in [5.74, 6) is -1.41. The van der Waals surface area contributed by atoms with Crippen LogP contribution < -0.4 is 5.32 Å². The highest BCUT2D eigenvalue weighted by atomic mass is 16.5. The van der Waals surface area contributed by atoms with E-state index in [4.69, 9.17) is 5.11 Å². The minimum absolute atomic E-state index is 0.0320. The van der Waals surface area contributed by atoms with Crippen molar-refractivity contribution in [3.05, 3.63) is 23.8 Å². The summed E-state index contributed by atoms with van der Waals surface area (Å²) in [4.78, 5) is 22.7. The van der Waals surface area contributed by atoms with Crippen LogP contribution in [-0.4, -0.2) is 35.2 Å². The van der Waals surface area contributed by atoms with Crippen LogP contribution in [0.1, 0.15) is 23.7 Å². The number of phenolic OH excluding ortho intramolecular Hbond substituents is 2. The van der Waals surface area contributed by atoms with Gasteiger partial charge in [-0.3, -0.25) is 9.59 Å². The van der Waals surface area contributed by atoms with E-state index in [0.29, 0.717) is 0 Å². The number of carbonyl (C=O) groups is 2. The molecule has 0 radical (unpaired) electrons. The van der Waals surface area contributed by atoms with Crippen molar-refractivity contribution in [2.24, 2.45) is 0 Å². The summed E-state index contributed by atoms with van der Waals surface area (Å²) in [7, 11) is 1.27. The molecule has 18 heavy (non-hydrogen) atoms. The summed E-state index contributed by atoms with van der Waals surface area (Å²) in [6.45, 7) is 1.65. The standard InChI is InChI=1S/C12H15NO5/c1-7(5-11(16)18-2)13-12(17)9-4-3-8(14)6-10(9)15/h3-4,6-7,14-15H,5H2,1-2H3,(H,13,17). The number of esters is 1. The molecule has 0 aliphatic rings. The highest BCUT2D eigenvalue weighted by Gasteiger charge is 2.16. The van der Waals surface area contributed by atoms with Crippen LogP contribution in [0, 0.1) is 0 Å². The fourth-order valence-electron chi connectivity index (χ4n) is 1.40. The summed E-state index contributed by atoms with van der Waals surface area (Å²) < 4.78 is 4.47. The minimum atomic E-state index is -0.524. The fourth-order valence-corrected chi connectivity index (χ4v) is 1.40. The van der Waals surface area contributed by atoms with Crippen LogP contribution in [0.15, 0.2) is 18.2 Å². The van der Waals surface area contributed by atoms with Gasteiger partial charge in [-0.15, -0.1) is 0 Å². The number of amides is 1. The lowest BCUT2D eigenvalue weighted by Crippen LogP contribution is -2.34. The SMILES string of the molecule is COC(=O)CC(C)NC(=O)c1ccc(O)cc1O. The van der Waals surface area contributed by atoms with Crippen LogP contribution in [0.25, 0.3) is 0 Å². The number of carbonyl (C=O) groups excluding carboxylic acids is 2. The van der Waals surface area contributed by atoms with Crippen molar-refractivity contribution in [3.8, 4) is 11.5 Å². The number of ether oxygens (including phenoxy) is 1. The molecule has 1 aromatic rings. The molecule has 0 bridgehead atoms. The number of methoxy groups -OCH3 is 1. The largest absolute Gasteiger partial charge is 0.508 e. The highest BCUT2D eigenvalue weighted by molar-refractivity contribution is 5.97. The first-order valence-electron chi connectivity index (χ1n) is 5.33. The predicted octanol–water partition coefficient (Wildman–Crippen LogP) is 0.779. The first kappa shape index (κ1) is 13.8. The van der Waals surface area contributed by atoms with Gasteiger partial charge >= 0.3 is 5.97 Å². The lowest BCUT2D eigenvalue weighted by molar-refractivity contribution is -0.141. The lowest BCUT2D eigenvalue weighted by Gasteiger charge is -2.13. The molecule has 0 aromatic heterocycles. The van der Waals surface area contributed by atoms with Gasteiger partial charge in [0.1, 0.15) is 11.5 Å². The second-order valence-corrected chi connectivity index (χ2v) is 3.86. The van der Waals surface area contributed by atoms with E-state index >= 15 is 0 Å². The number of rotatable bonds is 4. The monoisotopic (exact) mass is 253 g/mol. The van der Waals surface area contributed by atoms with Gasteiger partial charge in [-0.2, -0.15) is 0 Å². The highest BCUT2D eigenvalue weighted by Crippen LogP contribution is 2.22. The molecule has 0 aliphatic carbocycles. The third-order valence-corrected chi connectivity index (χ3v) is 2.30. The number of hydrogen-bond donors (Lipinski definition) is 3. The zero-order chi connectivity index (χ0) is 13.7. The average Bonchev–Trinajstić information content (AvgIpc) is 2.28. The van der Waals surface area contributed by atoms with Crippen molar-refractivity contribution in [2.75, 3.05) is 7.11 Å². The quantitative estimate of drug-likeness (QED) is 0.689. The number of hydrogen-bond acceptors (Lipinski definition) is 5. The van der Waals surface area contributed by atoms with Gasteiger partial charge in [-0.25, -0.2) is 0 Å². The van der Waals surface area contributed by atoms with Crippen LogP contribution in [0.4, 0.5) is 0 Å². The van der Waals surface area contributed by atoms with Gasteiger partial charge in [-0.05, 0) is 19.1 Å². The zero-order valence-corrected chi connectivity index (χ0v) is 10.1. The Morgan fingerprint density at radius 2 is 2.06 bits per heavy atom. The Morgan fingerprint density at radius 3 is 2.61 bits per heavy atom. The maximum absolute atomic E-state index is 11.8. The lowest BCUT2D eigenvalue weighted by atomic mass is 10.1. The van der Waals surface area contributed by atoms with E-state index in [-0.39, 0.29) is 23.5 Å². The van der Waals surface area contributed by atoms with Crippen molar-refractivity contribution < 1.29 is 24.5 Å². The van der Waals surface area contributed by atoms with Gasteiger partial charge in [0.05, 0.1) is 19.1 Å². The Bertz CT molecular complexity index is 458. The molecule has 98 valence electrons. The van der Waals surface area contributed by atoms with Crippen molar-refractivity contribution in [1.29, 1.82) is 0 Å². The fraction of sp³-hybridized carbons (Fsp3) is 0.333. The molecule has 1 atom stereocenters. The Balaban J connectivity index is 2.67. The van der Waals surface area contributed by atoms with E-state index in [9.17, 15) is 14.7 Å². The summed E-state index contributed by atoms with van der Waals surface area (Å²) >= 11 is 0. The minimum Gasteiger partial charge on any atom is -0.508 e. The van der Waals surface area contributed by atoms with Crippen LogP contribution >= 0.6 is 0 Å². The van der Waals surface area contributed by atoms with Gasteiger partial charge in [0, 0.05) is 12.1 Å². The Kier molecular flexibility index (Phi) is 4.53. The van der Waals surface area contributed by atoms with Crippen molar-refractivity contribution >= 4 is 11.9 Å². The number of nitrogens with one attached hydrogen (secondary N) is 1. The van der Waals surface area contributed by atoms with Gasteiger partial charge in [0.15, 0.2) is 0 Å². The number of phenols is 2. The molecule has 6 heteroatoms. The van der Waals surface area contributed by atoms with Gasteiger partial charge < -0.3 is 20.3 Å².